The molecule has 0 aliphatic rings. The molecule has 4 N–H and O–H groups in total. The highest BCUT2D eigenvalue weighted by atomic mass is 19.1. The number of carboxylic acid groups (broad SMARTS) is 1. The molecule has 0 bridgehead atoms. The van der Waals surface area contributed by atoms with E-state index in [1.165, 1.54) is 12.1 Å². The van der Waals surface area contributed by atoms with Crippen molar-refractivity contribution in [2.24, 2.45) is 0 Å². The van der Waals surface area contributed by atoms with E-state index in [1.807, 2.05) is 39.0 Å². The molecule has 2 aromatic carbocycles. The number of nitrogens with zero attached hydrogens (tertiary/aromatic N) is 1. The van der Waals surface area contributed by atoms with Crippen LogP contribution >= 0.6 is 0 Å². The summed E-state index contributed by atoms with van der Waals surface area (Å²) in [7, 11) is 0. The summed E-state index contributed by atoms with van der Waals surface area (Å²) in [6.07, 6.45) is 3.46. The minimum Gasteiger partial charge on any atom is -0.477 e. The van der Waals surface area contributed by atoms with Gasteiger partial charge in [-0.15, -0.1) is 0 Å². The maximum atomic E-state index is 14.4. The van der Waals surface area contributed by atoms with Gasteiger partial charge in [0.15, 0.2) is 0 Å². The van der Waals surface area contributed by atoms with Gasteiger partial charge in [-0.05, 0) is 53.8 Å². The summed E-state index contributed by atoms with van der Waals surface area (Å²) < 4.78 is 14.4. The van der Waals surface area contributed by atoms with Gasteiger partial charge in [0.25, 0.3) is 0 Å². The quantitative estimate of drug-likeness (QED) is 0.290. The zero-order valence-electron chi connectivity index (χ0n) is 17.3. The van der Waals surface area contributed by atoms with Crippen molar-refractivity contribution in [3.8, 4) is 22.4 Å². The number of nitrogens with one attached hydrogen (secondary N) is 3. The smallest absolute Gasteiger partial charge is 0.352 e. The van der Waals surface area contributed by atoms with Crippen LogP contribution in [0.1, 0.15) is 41.4 Å². The maximum Gasteiger partial charge on any atom is 0.352 e. The molecule has 0 unspecified atom stereocenters. The van der Waals surface area contributed by atoms with Gasteiger partial charge in [0.1, 0.15) is 11.5 Å². The van der Waals surface area contributed by atoms with Crippen LogP contribution in [0.2, 0.25) is 0 Å². The van der Waals surface area contributed by atoms with E-state index in [-0.39, 0.29) is 17.4 Å². The number of benzene rings is 2. The van der Waals surface area contributed by atoms with Crippen molar-refractivity contribution in [1.82, 2.24) is 20.2 Å². The molecule has 5 aromatic rings. The second-order valence-corrected chi connectivity index (χ2v) is 8.16. The molecule has 0 aliphatic heterocycles. The van der Waals surface area contributed by atoms with Crippen LogP contribution in [0.5, 0.6) is 0 Å². The molecule has 0 amide bonds. The Balaban J connectivity index is 1.92. The molecule has 5 rings (SSSR count). The Kier molecular flexibility index (Phi) is 4.22. The van der Waals surface area contributed by atoms with Crippen LogP contribution in [0.3, 0.4) is 0 Å². The zero-order chi connectivity index (χ0) is 21.9. The van der Waals surface area contributed by atoms with E-state index in [0.717, 1.165) is 33.0 Å². The van der Waals surface area contributed by atoms with Crippen LogP contribution in [0.4, 0.5) is 4.39 Å². The number of aromatic carboxylic acids is 1. The Morgan fingerprint density at radius 3 is 2.65 bits per heavy atom. The van der Waals surface area contributed by atoms with Gasteiger partial charge < -0.3 is 15.1 Å². The number of hydrogen-bond acceptors (Lipinski definition) is 2. The first-order valence-corrected chi connectivity index (χ1v) is 10.1. The minimum atomic E-state index is -1.07. The monoisotopic (exact) mass is 416 g/mol. The molecule has 0 aliphatic carbocycles. The van der Waals surface area contributed by atoms with Gasteiger partial charge >= 0.3 is 5.97 Å². The number of halogens is 1. The first-order valence-electron chi connectivity index (χ1n) is 10.1. The lowest BCUT2D eigenvalue weighted by Gasteiger charge is -2.14. The second-order valence-electron chi connectivity index (χ2n) is 8.16. The third-order valence-corrected chi connectivity index (χ3v) is 5.71. The average molecular weight is 416 g/mol. The number of aryl methyl sites for hydroxylation is 1. The molecule has 0 fully saturated rings. The number of hydrogen-bond donors (Lipinski definition) is 4. The topological polar surface area (TPSA) is 97.6 Å². The SMILES string of the molecule is Cc1cc(-c2c(C(=O)O)[nH]c(-c3cc(F)cc4[nH]ccc34)c2C(C)C)c2cn[nH]c2c1. The maximum absolute atomic E-state index is 14.4. The number of fused-ring (bicyclic) bond motifs is 2. The van der Waals surface area contributed by atoms with Crippen molar-refractivity contribution in [3.05, 3.63) is 65.4 Å². The van der Waals surface area contributed by atoms with E-state index in [1.54, 1.807) is 12.4 Å². The summed E-state index contributed by atoms with van der Waals surface area (Å²) in [6, 6.07) is 8.71. The van der Waals surface area contributed by atoms with Crippen LogP contribution in [0.25, 0.3) is 44.2 Å². The number of aromatic amines is 3. The Bertz CT molecular complexity index is 1470. The van der Waals surface area contributed by atoms with Crippen LogP contribution in [0, 0.1) is 12.7 Å². The predicted molar refractivity (Wildman–Crippen MR) is 119 cm³/mol. The average Bonchev–Trinajstić information content (AvgIpc) is 3.43. The third-order valence-electron chi connectivity index (χ3n) is 5.71. The number of aromatic nitrogens is 4. The number of H-pyrrole nitrogens is 3. The summed E-state index contributed by atoms with van der Waals surface area (Å²) >= 11 is 0. The van der Waals surface area contributed by atoms with Gasteiger partial charge in [-0.3, -0.25) is 5.10 Å². The molecule has 0 spiro atoms. The summed E-state index contributed by atoms with van der Waals surface area (Å²) in [5, 5.41) is 18.9. The summed E-state index contributed by atoms with van der Waals surface area (Å²) in [5.74, 6) is -1.47. The van der Waals surface area contributed by atoms with Crippen molar-refractivity contribution in [2.75, 3.05) is 0 Å². The fourth-order valence-electron chi connectivity index (χ4n) is 4.49. The second kappa shape index (κ2) is 6.84. The van der Waals surface area contributed by atoms with Gasteiger partial charge in [0.2, 0.25) is 0 Å². The molecule has 0 radical (unpaired) electrons. The molecule has 3 heterocycles. The number of carboxylic acids is 1. The van der Waals surface area contributed by atoms with Crippen molar-refractivity contribution in [2.45, 2.75) is 26.7 Å². The summed E-state index contributed by atoms with van der Waals surface area (Å²) in [4.78, 5) is 18.5. The third kappa shape index (κ3) is 2.92. The first kappa shape index (κ1) is 19.1. The molecule has 3 aromatic heterocycles. The van der Waals surface area contributed by atoms with Crippen molar-refractivity contribution < 1.29 is 14.3 Å². The molecule has 31 heavy (non-hydrogen) atoms. The van der Waals surface area contributed by atoms with Gasteiger partial charge in [0, 0.05) is 33.6 Å². The van der Waals surface area contributed by atoms with E-state index >= 15 is 0 Å². The minimum absolute atomic E-state index is 0.0194. The highest BCUT2D eigenvalue weighted by Gasteiger charge is 2.28. The Hall–Kier alpha value is -3.87. The van der Waals surface area contributed by atoms with Crippen LogP contribution in [-0.4, -0.2) is 31.2 Å². The highest BCUT2D eigenvalue weighted by Crippen LogP contribution is 2.44. The lowest BCUT2D eigenvalue weighted by atomic mass is 9.88. The number of carbonyl (C=O) groups is 1. The molecular weight excluding hydrogens is 395 g/mol. The van der Waals surface area contributed by atoms with Crippen molar-refractivity contribution in [1.29, 1.82) is 0 Å². The van der Waals surface area contributed by atoms with Gasteiger partial charge in [-0.1, -0.05) is 19.9 Å². The Morgan fingerprint density at radius 2 is 1.90 bits per heavy atom. The molecule has 156 valence electrons. The molecule has 0 atom stereocenters. The van der Waals surface area contributed by atoms with Gasteiger partial charge in [-0.2, -0.15) is 5.10 Å². The summed E-state index contributed by atoms with van der Waals surface area (Å²) in [5.41, 5.74) is 6.04. The lowest BCUT2D eigenvalue weighted by Crippen LogP contribution is -2.00. The molecule has 0 saturated heterocycles. The summed E-state index contributed by atoms with van der Waals surface area (Å²) in [6.45, 7) is 5.98. The Labute approximate surface area is 177 Å². The van der Waals surface area contributed by atoms with Crippen LogP contribution < -0.4 is 0 Å². The molecular formula is C24H21FN4O2. The van der Waals surface area contributed by atoms with Crippen molar-refractivity contribution >= 4 is 27.8 Å². The Morgan fingerprint density at radius 1 is 1.10 bits per heavy atom. The van der Waals surface area contributed by atoms with E-state index in [9.17, 15) is 14.3 Å². The van der Waals surface area contributed by atoms with E-state index in [2.05, 4.69) is 20.2 Å². The highest BCUT2D eigenvalue weighted by molar-refractivity contribution is 6.06. The lowest BCUT2D eigenvalue weighted by molar-refractivity contribution is 0.0692. The van der Waals surface area contributed by atoms with E-state index in [0.29, 0.717) is 22.3 Å². The standard InChI is InChI=1S/C24H21FN4O2/c1-11(2)20-21(15-6-12(3)7-19-17(15)10-27-29-19)23(24(30)31)28-22(20)16-8-13(25)9-18-14(16)4-5-26-18/h4-11,26,28H,1-3H3,(H,27,29)(H,30,31). The van der Waals surface area contributed by atoms with E-state index in [4.69, 9.17) is 0 Å². The fraction of sp³-hybridized carbons (Fsp3) is 0.167. The number of rotatable bonds is 4. The molecule has 0 saturated carbocycles. The first-order chi connectivity index (χ1) is 14.8. The van der Waals surface area contributed by atoms with E-state index < -0.39 is 5.97 Å². The predicted octanol–water partition coefficient (Wildman–Crippen LogP) is 5.98. The van der Waals surface area contributed by atoms with Gasteiger partial charge in [0.05, 0.1) is 17.4 Å². The normalized spacial score (nSPS) is 11.8. The molecule has 6 nitrogen and oxygen atoms in total. The van der Waals surface area contributed by atoms with Crippen LogP contribution in [-0.2, 0) is 0 Å². The van der Waals surface area contributed by atoms with Crippen LogP contribution in [0.15, 0.2) is 42.7 Å². The zero-order valence-corrected chi connectivity index (χ0v) is 17.3. The molecule has 7 heteroatoms. The fourth-order valence-corrected chi connectivity index (χ4v) is 4.49. The van der Waals surface area contributed by atoms with Crippen molar-refractivity contribution in [3.63, 3.8) is 0 Å². The van der Waals surface area contributed by atoms with Gasteiger partial charge in [-0.25, -0.2) is 9.18 Å². The largest absolute Gasteiger partial charge is 0.477 e.